The SMILES string of the molecule is Oc1cc(-c2cc3ccccc3c3ccccc23)nc2c1cc(-c1cc3ccccc3c3c1CCC=C3)c1ccccc12. The van der Waals surface area contributed by atoms with Crippen molar-refractivity contribution in [3.8, 4) is 28.1 Å². The number of aromatic nitrogens is 1. The largest absolute Gasteiger partial charge is 0.507 e. The zero-order valence-corrected chi connectivity index (χ0v) is 23.5. The summed E-state index contributed by atoms with van der Waals surface area (Å²) in [5.41, 5.74) is 7.68. The van der Waals surface area contributed by atoms with Gasteiger partial charge in [-0.2, -0.15) is 0 Å². The van der Waals surface area contributed by atoms with Gasteiger partial charge >= 0.3 is 0 Å². The van der Waals surface area contributed by atoms with Gasteiger partial charge in [0.2, 0.25) is 0 Å². The van der Waals surface area contributed by atoms with Gasteiger partial charge in [0.05, 0.1) is 11.2 Å². The maximum absolute atomic E-state index is 11.7. The van der Waals surface area contributed by atoms with Gasteiger partial charge in [0.25, 0.3) is 0 Å². The van der Waals surface area contributed by atoms with Crippen LogP contribution in [0.4, 0.5) is 0 Å². The van der Waals surface area contributed by atoms with Crippen LogP contribution in [-0.4, -0.2) is 10.1 Å². The highest BCUT2D eigenvalue weighted by Gasteiger charge is 2.20. The Balaban J connectivity index is 1.35. The second-order valence-corrected chi connectivity index (χ2v) is 11.6. The Morgan fingerprint density at radius 3 is 1.91 bits per heavy atom. The summed E-state index contributed by atoms with van der Waals surface area (Å²) < 4.78 is 0. The molecule has 1 aliphatic carbocycles. The summed E-state index contributed by atoms with van der Waals surface area (Å²) in [5, 5.41) is 21.9. The molecule has 1 aliphatic rings. The minimum absolute atomic E-state index is 0.249. The number of hydrogen-bond donors (Lipinski definition) is 1. The molecule has 0 saturated carbocycles. The molecule has 0 atom stereocenters. The summed E-state index contributed by atoms with van der Waals surface area (Å²) in [6.07, 6.45) is 6.59. The number of fused-ring (bicyclic) bond motifs is 9. The van der Waals surface area contributed by atoms with Crippen LogP contribution in [0, 0.1) is 0 Å². The summed E-state index contributed by atoms with van der Waals surface area (Å²) in [4.78, 5) is 5.29. The molecular formula is C41H27NO. The van der Waals surface area contributed by atoms with E-state index >= 15 is 0 Å². The first kappa shape index (κ1) is 24.2. The van der Waals surface area contributed by atoms with Gasteiger partial charge in [0, 0.05) is 22.4 Å². The monoisotopic (exact) mass is 549 g/mol. The van der Waals surface area contributed by atoms with E-state index in [-0.39, 0.29) is 5.75 Å². The van der Waals surface area contributed by atoms with E-state index in [1.165, 1.54) is 38.2 Å². The first-order valence-corrected chi connectivity index (χ1v) is 14.9. The van der Waals surface area contributed by atoms with Crippen LogP contribution in [0.3, 0.4) is 0 Å². The molecule has 0 bridgehead atoms. The highest BCUT2D eigenvalue weighted by molar-refractivity contribution is 6.17. The van der Waals surface area contributed by atoms with Crippen molar-refractivity contribution in [1.29, 1.82) is 0 Å². The van der Waals surface area contributed by atoms with Crippen LogP contribution in [0.15, 0.2) is 127 Å². The minimum Gasteiger partial charge on any atom is -0.507 e. The number of benzene rings is 7. The number of hydrogen-bond acceptors (Lipinski definition) is 2. The third-order valence-corrected chi connectivity index (χ3v) is 9.18. The average molecular weight is 550 g/mol. The first-order chi connectivity index (χ1) is 21.2. The van der Waals surface area contributed by atoms with Crippen LogP contribution in [-0.2, 0) is 6.42 Å². The summed E-state index contributed by atoms with van der Waals surface area (Å²) in [7, 11) is 0. The Bertz CT molecular complexity index is 2470. The third kappa shape index (κ3) is 3.63. The minimum atomic E-state index is 0.249. The highest BCUT2D eigenvalue weighted by Crippen LogP contribution is 2.44. The predicted octanol–water partition coefficient (Wildman–Crippen LogP) is 10.8. The Hall–Kier alpha value is -5.47. The van der Waals surface area contributed by atoms with E-state index in [1.807, 2.05) is 6.07 Å². The third-order valence-electron chi connectivity index (χ3n) is 9.18. The molecule has 9 rings (SSSR count). The maximum atomic E-state index is 11.7. The van der Waals surface area contributed by atoms with Gasteiger partial charge in [-0.25, -0.2) is 4.98 Å². The smallest absolute Gasteiger partial charge is 0.127 e. The van der Waals surface area contributed by atoms with Gasteiger partial charge in [-0.05, 0) is 91.0 Å². The van der Waals surface area contributed by atoms with Gasteiger partial charge < -0.3 is 5.11 Å². The second-order valence-electron chi connectivity index (χ2n) is 11.6. The molecule has 0 aliphatic heterocycles. The van der Waals surface area contributed by atoms with E-state index < -0.39 is 0 Å². The fourth-order valence-electron chi connectivity index (χ4n) is 7.21. The van der Waals surface area contributed by atoms with E-state index in [0.717, 1.165) is 62.1 Å². The van der Waals surface area contributed by atoms with Crippen molar-refractivity contribution in [3.05, 3.63) is 139 Å². The van der Waals surface area contributed by atoms with Crippen LogP contribution < -0.4 is 0 Å². The van der Waals surface area contributed by atoms with Crippen LogP contribution in [0.5, 0.6) is 5.75 Å². The molecule has 0 amide bonds. The van der Waals surface area contributed by atoms with Gasteiger partial charge in [0.15, 0.2) is 0 Å². The van der Waals surface area contributed by atoms with Crippen molar-refractivity contribution in [1.82, 2.24) is 4.98 Å². The second kappa shape index (κ2) is 9.27. The molecule has 202 valence electrons. The van der Waals surface area contributed by atoms with E-state index in [2.05, 4.69) is 127 Å². The van der Waals surface area contributed by atoms with Crippen molar-refractivity contribution in [2.75, 3.05) is 0 Å². The van der Waals surface area contributed by atoms with E-state index in [0.29, 0.717) is 0 Å². The Kier molecular flexibility index (Phi) is 5.21. The van der Waals surface area contributed by atoms with Gasteiger partial charge in [-0.3, -0.25) is 0 Å². The summed E-state index contributed by atoms with van der Waals surface area (Å²) >= 11 is 0. The predicted molar refractivity (Wildman–Crippen MR) is 182 cm³/mol. The maximum Gasteiger partial charge on any atom is 0.127 e. The topological polar surface area (TPSA) is 33.1 Å². The first-order valence-electron chi connectivity index (χ1n) is 14.9. The average Bonchev–Trinajstić information content (AvgIpc) is 3.07. The fourth-order valence-corrected chi connectivity index (χ4v) is 7.21. The number of pyridine rings is 1. The van der Waals surface area contributed by atoms with Crippen LogP contribution >= 0.6 is 0 Å². The highest BCUT2D eigenvalue weighted by atomic mass is 16.3. The molecule has 1 N–H and O–H groups in total. The Morgan fingerprint density at radius 2 is 1.12 bits per heavy atom. The number of allylic oxidation sites excluding steroid dienone is 1. The van der Waals surface area contributed by atoms with E-state index in [1.54, 1.807) is 0 Å². The van der Waals surface area contributed by atoms with Gasteiger partial charge in [0.1, 0.15) is 5.75 Å². The molecule has 0 unspecified atom stereocenters. The molecule has 1 aromatic heterocycles. The molecule has 0 radical (unpaired) electrons. The van der Waals surface area contributed by atoms with Gasteiger partial charge in [-0.1, -0.05) is 109 Å². The summed E-state index contributed by atoms with van der Waals surface area (Å²) in [5.74, 6) is 0.249. The fraction of sp³-hybridized carbons (Fsp3) is 0.0488. The van der Waals surface area contributed by atoms with E-state index in [9.17, 15) is 5.11 Å². The lowest BCUT2D eigenvalue weighted by Gasteiger charge is -2.21. The zero-order chi connectivity index (χ0) is 28.5. The molecule has 0 spiro atoms. The molecule has 2 heteroatoms. The molecule has 8 aromatic rings. The lowest BCUT2D eigenvalue weighted by atomic mass is 9.84. The quantitative estimate of drug-likeness (QED) is 0.218. The lowest BCUT2D eigenvalue weighted by molar-refractivity contribution is 0.481. The Morgan fingerprint density at radius 1 is 0.512 bits per heavy atom. The van der Waals surface area contributed by atoms with Crippen LogP contribution in [0.25, 0.3) is 82.5 Å². The molecule has 7 aromatic carbocycles. The number of nitrogens with zero attached hydrogens (tertiary/aromatic N) is 1. The molecular weight excluding hydrogens is 522 g/mol. The zero-order valence-electron chi connectivity index (χ0n) is 23.5. The molecule has 2 nitrogen and oxygen atoms in total. The number of rotatable bonds is 2. The van der Waals surface area contributed by atoms with Crippen LogP contribution in [0.1, 0.15) is 17.5 Å². The Labute approximate surface area is 249 Å². The molecule has 0 saturated heterocycles. The number of aromatic hydroxyl groups is 1. The molecule has 0 fully saturated rings. The van der Waals surface area contributed by atoms with Crippen molar-refractivity contribution in [2.24, 2.45) is 0 Å². The van der Waals surface area contributed by atoms with Crippen molar-refractivity contribution in [2.45, 2.75) is 12.8 Å². The van der Waals surface area contributed by atoms with Crippen molar-refractivity contribution >= 4 is 60.1 Å². The molecule has 43 heavy (non-hydrogen) atoms. The normalized spacial score (nSPS) is 12.9. The molecule has 1 heterocycles. The van der Waals surface area contributed by atoms with Crippen LogP contribution in [0.2, 0.25) is 0 Å². The van der Waals surface area contributed by atoms with Crippen molar-refractivity contribution < 1.29 is 5.11 Å². The lowest BCUT2D eigenvalue weighted by Crippen LogP contribution is -2.00. The van der Waals surface area contributed by atoms with Crippen molar-refractivity contribution in [3.63, 3.8) is 0 Å². The standard InChI is InChI=1S/C41H27NO/c43-40-24-39(37-22-26-12-2-4-14-28(26)30-16-6-8-18-32(30)37)42-41-34-20-10-9-19-33(34)36(23-38(40)41)35-21-25-11-1-3-13-27(25)29-15-5-7-17-31(29)35/h1-6,8-16,18-24H,7,17H2,(H,42,43). The summed E-state index contributed by atoms with van der Waals surface area (Å²) in [6, 6.07) is 42.7. The van der Waals surface area contributed by atoms with Gasteiger partial charge in [-0.15, -0.1) is 0 Å². The summed E-state index contributed by atoms with van der Waals surface area (Å²) in [6.45, 7) is 0. The van der Waals surface area contributed by atoms with E-state index in [4.69, 9.17) is 4.98 Å².